The van der Waals surface area contributed by atoms with Crippen LogP contribution in [0.4, 0.5) is 0 Å². The van der Waals surface area contributed by atoms with Crippen LogP contribution in [0.15, 0.2) is 18.3 Å². The summed E-state index contributed by atoms with van der Waals surface area (Å²) < 4.78 is 1.57. The van der Waals surface area contributed by atoms with Gasteiger partial charge >= 0.3 is 5.97 Å². The molecule has 0 aliphatic heterocycles. The number of nitrogens with zero attached hydrogens (tertiary/aromatic N) is 3. The van der Waals surface area contributed by atoms with Crippen LogP contribution in [0.1, 0.15) is 53.5 Å². The fourth-order valence-corrected chi connectivity index (χ4v) is 2.31. The summed E-state index contributed by atoms with van der Waals surface area (Å²) in [6.45, 7) is 11.3. The molecule has 0 radical (unpaired) electrons. The third kappa shape index (κ3) is 3.29. The van der Waals surface area contributed by atoms with Gasteiger partial charge in [0.2, 0.25) is 0 Å². The average molecular weight is 287 g/mol. The average Bonchev–Trinajstić information content (AvgIpc) is 2.81. The van der Waals surface area contributed by atoms with E-state index in [1.165, 1.54) is 22.9 Å². The molecule has 0 aliphatic carbocycles. The topological polar surface area (TPSA) is 68.0 Å². The Labute approximate surface area is 124 Å². The Bertz CT molecular complexity index is 658. The molecular weight excluding hydrogens is 266 g/mol. The summed E-state index contributed by atoms with van der Waals surface area (Å²) in [6, 6.07) is 4.38. The van der Waals surface area contributed by atoms with Gasteiger partial charge in [-0.05, 0) is 41.5 Å². The largest absolute Gasteiger partial charge is 0.476 e. The highest BCUT2D eigenvalue weighted by atomic mass is 16.4. The van der Waals surface area contributed by atoms with E-state index in [9.17, 15) is 4.79 Å². The van der Waals surface area contributed by atoms with Gasteiger partial charge in [0.05, 0.1) is 12.7 Å². The van der Waals surface area contributed by atoms with Crippen molar-refractivity contribution in [3.05, 3.63) is 46.3 Å². The van der Waals surface area contributed by atoms with E-state index >= 15 is 0 Å². The molecule has 2 rings (SSSR count). The summed E-state index contributed by atoms with van der Waals surface area (Å²) in [7, 11) is 0. The van der Waals surface area contributed by atoms with Crippen molar-refractivity contribution < 1.29 is 9.90 Å². The van der Waals surface area contributed by atoms with Crippen molar-refractivity contribution in [2.75, 3.05) is 0 Å². The number of aromatic nitrogens is 3. The quantitative estimate of drug-likeness (QED) is 0.942. The summed E-state index contributed by atoms with van der Waals surface area (Å²) >= 11 is 0. The SMILES string of the molecule is Cc1cc(C(C)(C)C)cc(C)c1Cn1cc(C(=O)O)nn1. The molecule has 1 N–H and O–H groups in total. The lowest BCUT2D eigenvalue weighted by Gasteiger charge is -2.22. The first-order valence-electron chi connectivity index (χ1n) is 6.92. The molecule has 0 amide bonds. The molecule has 1 aromatic carbocycles. The highest BCUT2D eigenvalue weighted by molar-refractivity contribution is 5.84. The van der Waals surface area contributed by atoms with Crippen LogP contribution in [-0.4, -0.2) is 26.1 Å². The number of aromatic carboxylic acids is 1. The molecule has 21 heavy (non-hydrogen) atoms. The molecule has 0 saturated heterocycles. The van der Waals surface area contributed by atoms with Crippen LogP contribution in [0.2, 0.25) is 0 Å². The Morgan fingerprint density at radius 2 is 1.81 bits per heavy atom. The number of hydrogen-bond acceptors (Lipinski definition) is 3. The molecule has 0 bridgehead atoms. The van der Waals surface area contributed by atoms with Crippen LogP contribution in [-0.2, 0) is 12.0 Å². The van der Waals surface area contributed by atoms with Crippen LogP contribution >= 0.6 is 0 Å². The van der Waals surface area contributed by atoms with Gasteiger partial charge in [0.1, 0.15) is 0 Å². The minimum Gasteiger partial charge on any atom is -0.476 e. The molecule has 0 unspecified atom stereocenters. The number of benzene rings is 1. The van der Waals surface area contributed by atoms with Gasteiger partial charge < -0.3 is 5.11 Å². The molecule has 2 aromatic rings. The fraction of sp³-hybridized carbons (Fsp3) is 0.438. The molecule has 0 spiro atoms. The summed E-state index contributed by atoms with van der Waals surface area (Å²) in [5, 5.41) is 16.4. The van der Waals surface area contributed by atoms with Crippen molar-refractivity contribution in [3.8, 4) is 0 Å². The third-order valence-corrected chi connectivity index (χ3v) is 3.64. The van der Waals surface area contributed by atoms with E-state index < -0.39 is 5.97 Å². The van der Waals surface area contributed by atoms with E-state index in [1.54, 1.807) is 4.68 Å². The summed E-state index contributed by atoms with van der Waals surface area (Å²) in [4.78, 5) is 10.8. The first-order chi connectivity index (χ1) is 9.68. The molecule has 0 saturated carbocycles. The predicted octanol–water partition coefficient (Wildman–Crippen LogP) is 2.94. The van der Waals surface area contributed by atoms with Crippen molar-refractivity contribution >= 4 is 5.97 Å². The molecule has 1 aromatic heterocycles. The lowest BCUT2D eigenvalue weighted by molar-refractivity contribution is 0.0690. The van der Waals surface area contributed by atoms with E-state index in [0.717, 1.165) is 5.56 Å². The highest BCUT2D eigenvalue weighted by Gasteiger charge is 2.17. The summed E-state index contributed by atoms with van der Waals surface area (Å²) in [5.74, 6) is -1.06. The van der Waals surface area contributed by atoms with Crippen molar-refractivity contribution in [1.82, 2.24) is 15.0 Å². The number of carbonyl (C=O) groups is 1. The molecule has 1 heterocycles. The van der Waals surface area contributed by atoms with Gasteiger partial charge in [-0.2, -0.15) is 0 Å². The molecule has 5 nitrogen and oxygen atoms in total. The lowest BCUT2D eigenvalue weighted by atomic mass is 9.84. The Balaban J connectivity index is 2.34. The zero-order valence-corrected chi connectivity index (χ0v) is 13.1. The number of carboxylic acids is 1. The minimum absolute atomic E-state index is 0.0309. The molecule has 0 atom stereocenters. The Kier molecular flexibility index (Phi) is 3.85. The van der Waals surface area contributed by atoms with Gasteiger partial charge in [-0.3, -0.25) is 0 Å². The standard InChI is InChI=1S/C16H21N3O2/c1-10-6-12(16(3,4)5)7-11(2)13(10)8-19-9-14(15(20)21)17-18-19/h6-7,9H,8H2,1-5H3,(H,20,21). The number of hydrogen-bond donors (Lipinski definition) is 1. The third-order valence-electron chi connectivity index (χ3n) is 3.64. The van der Waals surface area contributed by atoms with Gasteiger partial charge in [-0.1, -0.05) is 38.1 Å². The second-order valence-electron chi connectivity index (χ2n) is 6.45. The van der Waals surface area contributed by atoms with E-state index in [-0.39, 0.29) is 11.1 Å². The number of aryl methyl sites for hydroxylation is 2. The van der Waals surface area contributed by atoms with Crippen molar-refractivity contribution in [2.24, 2.45) is 0 Å². The maximum atomic E-state index is 10.8. The first kappa shape index (κ1) is 15.2. The lowest BCUT2D eigenvalue weighted by Crippen LogP contribution is -2.13. The van der Waals surface area contributed by atoms with Crippen LogP contribution in [0.3, 0.4) is 0 Å². The van der Waals surface area contributed by atoms with Crippen molar-refractivity contribution in [3.63, 3.8) is 0 Å². The van der Waals surface area contributed by atoms with E-state index in [0.29, 0.717) is 6.54 Å². The van der Waals surface area contributed by atoms with Gasteiger partial charge in [0, 0.05) is 0 Å². The maximum Gasteiger partial charge on any atom is 0.358 e. The van der Waals surface area contributed by atoms with Gasteiger partial charge in [0.15, 0.2) is 5.69 Å². The second kappa shape index (κ2) is 5.31. The zero-order chi connectivity index (χ0) is 15.8. The van der Waals surface area contributed by atoms with E-state index in [4.69, 9.17) is 5.11 Å². The van der Waals surface area contributed by atoms with Crippen LogP contribution in [0, 0.1) is 13.8 Å². The fourth-order valence-electron chi connectivity index (χ4n) is 2.31. The second-order valence-corrected chi connectivity index (χ2v) is 6.45. The zero-order valence-electron chi connectivity index (χ0n) is 13.1. The van der Waals surface area contributed by atoms with E-state index in [2.05, 4.69) is 57.1 Å². The van der Waals surface area contributed by atoms with Gasteiger partial charge in [-0.25, -0.2) is 9.48 Å². The summed E-state index contributed by atoms with van der Waals surface area (Å²) in [6.07, 6.45) is 1.46. The van der Waals surface area contributed by atoms with Crippen LogP contribution in [0.5, 0.6) is 0 Å². The molecular formula is C16H21N3O2. The number of carboxylic acid groups (broad SMARTS) is 1. The highest BCUT2D eigenvalue weighted by Crippen LogP contribution is 2.27. The van der Waals surface area contributed by atoms with Gasteiger partial charge in [-0.15, -0.1) is 5.10 Å². The smallest absolute Gasteiger partial charge is 0.358 e. The molecule has 0 aliphatic rings. The monoisotopic (exact) mass is 287 g/mol. The Morgan fingerprint density at radius 1 is 1.24 bits per heavy atom. The van der Waals surface area contributed by atoms with E-state index in [1.807, 2.05) is 0 Å². The van der Waals surface area contributed by atoms with Crippen molar-refractivity contribution in [1.29, 1.82) is 0 Å². The molecule has 0 fully saturated rings. The minimum atomic E-state index is -1.06. The Hall–Kier alpha value is -2.17. The van der Waals surface area contributed by atoms with Crippen LogP contribution in [0.25, 0.3) is 0 Å². The Morgan fingerprint density at radius 3 is 2.24 bits per heavy atom. The predicted molar refractivity (Wildman–Crippen MR) is 80.7 cm³/mol. The van der Waals surface area contributed by atoms with Crippen LogP contribution < -0.4 is 0 Å². The molecule has 5 heteroatoms. The van der Waals surface area contributed by atoms with Crippen molar-refractivity contribution in [2.45, 2.75) is 46.6 Å². The normalized spacial score (nSPS) is 11.7. The molecule has 112 valence electrons. The van der Waals surface area contributed by atoms with Gasteiger partial charge in [0.25, 0.3) is 0 Å². The summed E-state index contributed by atoms with van der Waals surface area (Å²) in [5.41, 5.74) is 4.91. The first-order valence-corrected chi connectivity index (χ1v) is 6.92. The maximum absolute atomic E-state index is 10.8. The number of rotatable bonds is 3.